The van der Waals surface area contributed by atoms with Gasteiger partial charge in [0, 0.05) is 6.04 Å². The van der Waals surface area contributed by atoms with E-state index in [1.807, 2.05) is 25.7 Å². The minimum atomic E-state index is -0.294. The van der Waals surface area contributed by atoms with E-state index in [1.165, 1.54) is 12.7 Å². The molecule has 0 aromatic rings. The third-order valence-electron chi connectivity index (χ3n) is 3.72. The highest BCUT2D eigenvalue weighted by molar-refractivity contribution is 5.92. The summed E-state index contributed by atoms with van der Waals surface area (Å²) in [6.07, 6.45) is 2.76. The topological polar surface area (TPSA) is 46.6 Å². The van der Waals surface area contributed by atoms with Gasteiger partial charge in [-0.2, -0.15) is 0 Å². The molecule has 1 aliphatic heterocycles. The number of amides is 1. The van der Waals surface area contributed by atoms with Gasteiger partial charge < -0.3 is 9.64 Å². The number of hydrogen-bond acceptors (Lipinski definition) is 3. The molecule has 1 aliphatic carbocycles. The van der Waals surface area contributed by atoms with Crippen LogP contribution in [0.1, 0.15) is 27.2 Å². The van der Waals surface area contributed by atoms with Gasteiger partial charge in [-0.15, -0.1) is 0 Å². The number of esters is 1. The number of methoxy groups -OCH3 is 1. The van der Waals surface area contributed by atoms with Crippen molar-refractivity contribution in [2.75, 3.05) is 7.11 Å². The molecular formula is C13H19NO3. The predicted molar refractivity (Wildman–Crippen MR) is 63.1 cm³/mol. The second-order valence-electron chi connectivity index (χ2n) is 5.20. The largest absolute Gasteiger partial charge is 0.469 e. The molecule has 0 aromatic heterocycles. The van der Waals surface area contributed by atoms with E-state index in [-0.39, 0.29) is 35.8 Å². The summed E-state index contributed by atoms with van der Waals surface area (Å²) < 4.78 is 4.80. The number of carbonyl (C=O) groups excluding carboxylic acids is 2. The van der Waals surface area contributed by atoms with E-state index in [0.717, 1.165) is 0 Å². The van der Waals surface area contributed by atoms with E-state index in [2.05, 4.69) is 6.08 Å². The monoisotopic (exact) mass is 237 g/mol. The Labute approximate surface area is 102 Å². The molecule has 0 aromatic carbocycles. The van der Waals surface area contributed by atoms with Crippen LogP contribution in [0.4, 0.5) is 0 Å². The van der Waals surface area contributed by atoms with Gasteiger partial charge in [0.05, 0.1) is 25.0 Å². The van der Waals surface area contributed by atoms with E-state index >= 15 is 0 Å². The lowest BCUT2D eigenvalue weighted by Gasteiger charge is -2.52. The molecule has 1 heterocycles. The fourth-order valence-electron chi connectivity index (χ4n) is 2.96. The van der Waals surface area contributed by atoms with Crippen molar-refractivity contribution in [2.24, 2.45) is 11.8 Å². The van der Waals surface area contributed by atoms with E-state index < -0.39 is 0 Å². The Morgan fingerprint density at radius 2 is 2.18 bits per heavy atom. The summed E-state index contributed by atoms with van der Waals surface area (Å²) in [6.45, 7) is 6.01. The van der Waals surface area contributed by atoms with Crippen molar-refractivity contribution in [3.05, 3.63) is 11.6 Å². The van der Waals surface area contributed by atoms with Crippen molar-refractivity contribution in [1.29, 1.82) is 0 Å². The van der Waals surface area contributed by atoms with Crippen LogP contribution < -0.4 is 0 Å². The maximum atomic E-state index is 12.1. The Bertz CT molecular complexity index is 386. The van der Waals surface area contributed by atoms with Gasteiger partial charge in [0.25, 0.3) is 0 Å². The van der Waals surface area contributed by atoms with Gasteiger partial charge in [0.15, 0.2) is 0 Å². The predicted octanol–water partition coefficient (Wildman–Crippen LogP) is 1.36. The average molecular weight is 237 g/mol. The second-order valence-corrected chi connectivity index (χ2v) is 5.20. The van der Waals surface area contributed by atoms with Crippen LogP contribution in [-0.4, -0.2) is 36.0 Å². The number of fused-ring (bicyclic) bond motifs is 1. The lowest BCUT2D eigenvalue weighted by molar-refractivity contribution is -0.170. The highest BCUT2D eigenvalue weighted by Gasteiger charge is 2.54. The number of hydrogen-bond donors (Lipinski definition) is 0. The molecular weight excluding hydrogens is 218 g/mol. The summed E-state index contributed by atoms with van der Waals surface area (Å²) in [5.74, 6) is -0.667. The van der Waals surface area contributed by atoms with Crippen LogP contribution in [0.3, 0.4) is 0 Å². The fraction of sp³-hybridized carbons (Fsp3) is 0.692. The van der Waals surface area contributed by atoms with Crippen molar-refractivity contribution in [1.82, 2.24) is 4.90 Å². The van der Waals surface area contributed by atoms with Crippen LogP contribution in [-0.2, 0) is 14.3 Å². The van der Waals surface area contributed by atoms with E-state index in [0.29, 0.717) is 6.42 Å². The Kier molecular flexibility index (Phi) is 2.98. The number of likely N-dealkylation sites (tertiary alicyclic amines) is 1. The zero-order valence-corrected chi connectivity index (χ0v) is 10.8. The number of carbonyl (C=O) groups is 2. The fourth-order valence-corrected chi connectivity index (χ4v) is 2.96. The Morgan fingerprint density at radius 1 is 1.53 bits per heavy atom. The Morgan fingerprint density at radius 3 is 2.71 bits per heavy atom. The summed E-state index contributed by atoms with van der Waals surface area (Å²) in [5, 5.41) is 0. The molecule has 0 radical (unpaired) electrons. The number of rotatable bonds is 2. The van der Waals surface area contributed by atoms with Crippen molar-refractivity contribution >= 4 is 11.9 Å². The molecule has 4 heteroatoms. The zero-order chi connectivity index (χ0) is 12.7. The summed E-state index contributed by atoms with van der Waals surface area (Å²) >= 11 is 0. The van der Waals surface area contributed by atoms with E-state index in [9.17, 15) is 9.59 Å². The van der Waals surface area contributed by atoms with Gasteiger partial charge in [-0.25, -0.2) is 0 Å². The first-order valence-corrected chi connectivity index (χ1v) is 6.04. The summed E-state index contributed by atoms with van der Waals surface area (Å²) in [5.41, 5.74) is 1.17. The summed E-state index contributed by atoms with van der Waals surface area (Å²) in [7, 11) is 1.38. The summed E-state index contributed by atoms with van der Waals surface area (Å²) in [4.78, 5) is 25.6. The quantitative estimate of drug-likeness (QED) is 0.414. The third-order valence-corrected chi connectivity index (χ3v) is 3.72. The highest BCUT2D eigenvalue weighted by Crippen LogP contribution is 2.42. The molecule has 1 amide bonds. The molecule has 1 fully saturated rings. The number of nitrogens with zero attached hydrogens (tertiary/aromatic N) is 1. The smallest absolute Gasteiger partial charge is 0.309 e. The van der Waals surface area contributed by atoms with Crippen molar-refractivity contribution in [3.63, 3.8) is 0 Å². The lowest BCUT2D eigenvalue weighted by Crippen LogP contribution is -2.66. The normalized spacial score (nSPS) is 31.8. The molecule has 2 rings (SSSR count). The van der Waals surface area contributed by atoms with Crippen LogP contribution in [0, 0.1) is 11.8 Å². The molecule has 3 unspecified atom stereocenters. The van der Waals surface area contributed by atoms with Crippen LogP contribution >= 0.6 is 0 Å². The molecule has 0 spiro atoms. The van der Waals surface area contributed by atoms with Gasteiger partial charge in [-0.05, 0) is 27.2 Å². The lowest BCUT2D eigenvalue weighted by atomic mass is 9.69. The van der Waals surface area contributed by atoms with Gasteiger partial charge >= 0.3 is 5.97 Å². The molecule has 2 aliphatic rings. The third kappa shape index (κ3) is 1.75. The number of ether oxygens (including phenoxy) is 1. The van der Waals surface area contributed by atoms with Crippen LogP contribution in [0.5, 0.6) is 0 Å². The molecule has 4 nitrogen and oxygen atoms in total. The molecule has 1 saturated heterocycles. The number of allylic oxidation sites excluding steroid dienone is 1. The molecule has 3 atom stereocenters. The molecule has 0 bridgehead atoms. The van der Waals surface area contributed by atoms with Crippen molar-refractivity contribution in [3.8, 4) is 0 Å². The number of β-lactam (4-membered cyclic amide) rings is 1. The molecule has 17 heavy (non-hydrogen) atoms. The minimum Gasteiger partial charge on any atom is -0.469 e. The first-order chi connectivity index (χ1) is 7.97. The van der Waals surface area contributed by atoms with E-state index in [1.54, 1.807) is 0 Å². The minimum absolute atomic E-state index is 0.0837. The van der Waals surface area contributed by atoms with Crippen LogP contribution in [0.15, 0.2) is 11.6 Å². The second kappa shape index (κ2) is 4.17. The van der Waals surface area contributed by atoms with Gasteiger partial charge in [-0.1, -0.05) is 11.6 Å². The highest BCUT2D eigenvalue weighted by atomic mass is 16.5. The average Bonchev–Trinajstić information content (AvgIpc) is 2.25. The van der Waals surface area contributed by atoms with Gasteiger partial charge in [-0.3, -0.25) is 9.59 Å². The molecule has 0 N–H and O–H groups in total. The SMILES string of the molecule is COC(=O)C1CC(C)=CC2C1C(=O)N2C(C)C. The Balaban J connectivity index is 2.26. The molecule has 94 valence electrons. The Hall–Kier alpha value is -1.32. The molecule has 0 saturated carbocycles. The summed E-state index contributed by atoms with van der Waals surface area (Å²) in [6, 6.07) is 0.268. The van der Waals surface area contributed by atoms with Crippen molar-refractivity contribution in [2.45, 2.75) is 39.3 Å². The van der Waals surface area contributed by atoms with Crippen molar-refractivity contribution < 1.29 is 14.3 Å². The van der Waals surface area contributed by atoms with E-state index in [4.69, 9.17) is 4.74 Å². The van der Waals surface area contributed by atoms with Crippen LogP contribution in [0.25, 0.3) is 0 Å². The van der Waals surface area contributed by atoms with Gasteiger partial charge in [0.2, 0.25) is 5.91 Å². The van der Waals surface area contributed by atoms with Crippen LogP contribution in [0.2, 0.25) is 0 Å². The standard InChI is InChI=1S/C13H19NO3/c1-7(2)14-10-6-8(3)5-9(13(16)17-4)11(10)12(14)15/h6-7,9-11H,5H2,1-4H3. The van der Waals surface area contributed by atoms with Gasteiger partial charge in [0.1, 0.15) is 0 Å². The maximum absolute atomic E-state index is 12.1. The first kappa shape index (κ1) is 12.1. The maximum Gasteiger partial charge on any atom is 0.309 e. The first-order valence-electron chi connectivity index (χ1n) is 6.04. The zero-order valence-electron chi connectivity index (χ0n) is 10.8.